The van der Waals surface area contributed by atoms with E-state index in [0.29, 0.717) is 18.9 Å². The summed E-state index contributed by atoms with van der Waals surface area (Å²) in [6, 6.07) is 10.4. The SMILES string of the molecule is COCC(NC(C)C(O)Cc1ccccc1)C(C)C. The van der Waals surface area contributed by atoms with Crippen molar-refractivity contribution in [1.29, 1.82) is 0 Å². The van der Waals surface area contributed by atoms with Crippen LogP contribution in [0.3, 0.4) is 0 Å². The third kappa shape index (κ3) is 5.72. The molecule has 108 valence electrons. The van der Waals surface area contributed by atoms with E-state index in [9.17, 15) is 5.11 Å². The highest BCUT2D eigenvalue weighted by Crippen LogP contribution is 2.09. The quantitative estimate of drug-likeness (QED) is 0.757. The summed E-state index contributed by atoms with van der Waals surface area (Å²) in [5.74, 6) is 0.478. The van der Waals surface area contributed by atoms with Gasteiger partial charge < -0.3 is 15.2 Å². The van der Waals surface area contributed by atoms with Crippen molar-refractivity contribution in [1.82, 2.24) is 5.32 Å². The molecular weight excluding hydrogens is 238 g/mol. The van der Waals surface area contributed by atoms with Gasteiger partial charge in [-0.05, 0) is 24.8 Å². The molecule has 0 aliphatic rings. The largest absolute Gasteiger partial charge is 0.391 e. The first-order valence-electron chi connectivity index (χ1n) is 7.01. The molecule has 0 heterocycles. The number of aliphatic hydroxyl groups excluding tert-OH is 1. The van der Waals surface area contributed by atoms with Gasteiger partial charge in [0, 0.05) is 19.2 Å². The fraction of sp³-hybridized carbons (Fsp3) is 0.625. The van der Waals surface area contributed by atoms with E-state index < -0.39 is 0 Å². The topological polar surface area (TPSA) is 41.5 Å². The fourth-order valence-corrected chi connectivity index (χ4v) is 2.09. The Morgan fingerprint density at radius 2 is 1.79 bits per heavy atom. The second kappa shape index (κ2) is 8.31. The Labute approximate surface area is 117 Å². The predicted octanol–water partition coefficient (Wildman–Crippen LogP) is 2.24. The molecule has 3 nitrogen and oxygen atoms in total. The van der Waals surface area contributed by atoms with Crippen molar-refractivity contribution in [2.45, 2.75) is 45.4 Å². The maximum atomic E-state index is 10.3. The predicted molar refractivity (Wildman–Crippen MR) is 79.3 cm³/mol. The number of hydrogen-bond donors (Lipinski definition) is 2. The van der Waals surface area contributed by atoms with E-state index >= 15 is 0 Å². The second-order valence-corrected chi connectivity index (χ2v) is 5.52. The number of ether oxygens (including phenoxy) is 1. The van der Waals surface area contributed by atoms with Crippen molar-refractivity contribution in [2.24, 2.45) is 5.92 Å². The molecule has 0 saturated carbocycles. The minimum atomic E-state index is -0.388. The summed E-state index contributed by atoms with van der Waals surface area (Å²) in [6.07, 6.45) is 0.285. The summed E-state index contributed by atoms with van der Waals surface area (Å²) in [5.41, 5.74) is 1.16. The minimum Gasteiger partial charge on any atom is -0.391 e. The molecule has 3 unspecified atom stereocenters. The number of rotatable bonds is 8. The first-order chi connectivity index (χ1) is 9.04. The van der Waals surface area contributed by atoms with E-state index in [1.54, 1.807) is 7.11 Å². The van der Waals surface area contributed by atoms with Crippen molar-refractivity contribution < 1.29 is 9.84 Å². The van der Waals surface area contributed by atoms with Crippen LogP contribution < -0.4 is 5.32 Å². The lowest BCUT2D eigenvalue weighted by molar-refractivity contribution is 0.0966. The molecule has 0 bridgehead atoms. The molecule has 1 aromatic rings. The van der Waals surface area contributed by atoms with Gasteiger partial charge in [-0.2, -0.15) is 0 Å². The van der Waals surface area contributed by atoms with Crippen LogP contribution in [0.1, 0.15) is 26.3 Å². The van der Waals surface area contributed by atoms with Crippen molar-refractivity contribution in [3.63, 3.8) is 0 Å². The Bertz CT molecular complexity index is 340. The summed E-state index contributed by atoms with van der Waals surface area (Å²) in [7, 11) is 1.71. The zero-order valence-electron chi connectivity index (χ0n) is 12.5. The molecule has 0 aliphatic heterocycles. The van der Waals surface area contributed by atoms with E-state index in [1.807, 2.05) is 37.3 Å². The van der Waals surface area contributed by atoms with E-state index in [0.717, 1.165) is 5.56 Å². The molecule has 3 heteroatoms. The Morgan fingerprint density at radius 1 is 1.16 bits per heavy atom. The lowest BCUT2D eigenvalue weighted by Crippen LogP contribution is -2.48. The summed E-state index contributed by atoms with van der Waals surface area (Å²) in [4.78, 5) is 0. The van der Waals surface area contributed by atoms with Gasteiger partial charge in [0.05, 0.1) is 12.7 Å². The average molecular weight is 265 g/mol. The van der Waals surface area contributed by atoms with E-state index in [4.69, 9.17) is 4.74 Å². The van der Waals surface area contributed by atoms with Crippen LogP contribution in [0, 0.1) is 5.92 Å². The van der Waals surface area contributed by atoms with Crippen LogP contribution in [0.4, 0.5) is 0 Å². The van der Waals surface area contributed by atoms with Crippen molar-refractivity contribution in [2.75, 3.05) is 13.7 Å². The minimum absolute atomic E-state index is 0.0442. The highest BCUT2D eigenvalue weighted by atomic mass is 16.5. The van der Waals surface area contributed by atoms with Gasteiger partial charge in [-0.25, -0.2) is 0 Å². The average Bonchev–Trinajstić information content (AvgIpc) is 2.39. The summed E-state index contributed by atoms with van der Waals surface area (Å²) >= 11 is 0. The number of nitrogens with one attached hydrogen (secondary N) is 1. The highest BCUT2D eigenvalue weighted by Gasteiger charge is 2.20. The maximum Gasteiger partial charge on any atom is 0.0730 e. The van der Waals surface area contributed by atoms with Crippen molar-refractivity contribution in [3.05, 3.63) is 35.9 Å². The maximum absolute atomic E-state index is 10.3. The van der Waals surface area contributed by atoms with E-state index in [-0.39, 0.29) is 18.2 Å². The Balaban J connectivity index is 2.49. The van der Waals surface area contributed by atoms with Gasteiger partial charge in [0.15, 0.2) is 0 Å². The van der Waals surface area contributed by atoms with Crippen LogP contribution >= 0.6 is 0 Å². The van der Waals surface area contributed by atoms with Gasteiger partial charge in [0.25, 0.3) is 0 Å². The molecule has 0 aromatic heterocycles. The van der Waals surface area contributed by atoms with E-state index in [2.05, 4.69) is 19.2 Å². The Morgan fingerprint density at radius 3 is 2.32 bits per heavy atom. The standard InChI is InChI=1S/C16H27NO2/c1-12(2)15(11-19-4)17-13(3)16(18)10-14-8-6-5-7-9-14/h5-9,12-13,15-18H,10-11H2,1-4H3. The molecule has 1 aromatic carbocycles. The summed E-state index contributed by atoms with van der Waals surface area (Å²) in [5, 5.41) is 13.7. The molecule has 2 N–H and O–H groups in total. The zero-order valence-corrected chi connectivity index (χ0v) is 12.5. The van der Waals surface area contributed by atoms with Crippen molar-refractivity contribution in [3.8, 4) is 0 Å². The highest BCUT2D eigenvalue weighted by molar-refractivity contribution is 5.15. The fourth-order valence-electron chi connectivity index (χ4n) is 2.09. The summed E-state index contributed by atoms with van der Waals surface area (Å²) in [6.45, 7) is 7.01. The Hall–Kier alpha value is -0.900. The van der Waals surface area contributed by atoms with Gasteiger partial charge >= 0.3 is 0 Å². The van der Waals surface area contributed by atoms with Gasteiger partial charge in [0.1, 0.15) is 0 Å². The molecule has 0 amide bonds. The third-order valence-corrected chi connectivity index (χ3v) is 3.49. The summed E-state index contributed by atoms with van der Waals surface area (Å²) < 4.78 is 5.22. The van der Waals surface area contributed by atoms with Crippen molar-refractivity contribution >= 4 is 0 Å². The lowest BCUT2D eigenvalue weighted by Gasteiger charge is -2.28. The van der Waals surface area contributed by atoms with Gasteiger partial charge in [-0.3, -0.25) is 0 Å². The molecule has 1 rings (SSSR count). The van der Waals surface area contributed by atoms with Crippen LogP contribution in [0.15, 0.2) is 30.3 Å². The Kier molecular flexibility index (Phi) is 7.06. The molecule has 0 saturated heterocycles. The third-order valence-electron chi connectivity index (χ3n) is 3.49. The van der Waals surface area contributed by atoms with Crippen LogP contribution in [0.25, 0.3) is 0 Å². The van der Waals surface area contributed by atoms with Crippen LogP contribution in [-0.4, -0.2) is 37.0 Å². The normalized spacial score (nSPS) is 16.3. The van der Waals surface area contributed by atoms with Gasteiger partial charge in [0.2, 0.25) is 0 Å². The van der Waals surface area contributed by atoms with E-state index in [1.165, 1.54) is 0 Å². The molecule has 3 atom stereocenters. The number of benzene rings is 1. The number of methoxy groups -OCH3 is 1. The molecule has 0 fully saturated rings. The molecular formula is C16H27NO2. The monoisotopic (exact) mass is 265 g/mol. The zero-order chi connectivity index (χ0) is 14.3. The smallest absolute Gasteiger partial charge is 0.0730 e. The van der Waals surface area contributed by atoms with Gasteiger partial charge in [-0.15, -0.1) is 0 Å². The molecule has 0 radical (unpaired) electrons. The lowest BCUT2D eigenvalue weighted by atomic mass is 9.99. The molecule has 0 spiro atoms. The molecule has 0 aliphatic carbocycles. The van der Waals surface area contributed by atoms with Crippen LogP contribution in [-0.2, 0) is 11.2 Å². The van der Waals surface area contributed by atoms with Crippen LogP contribution in [0.2, 0.25) is 0 Å². The van der Waals surface area contributed by atoms with Crippen LogP contribution in [0.5, 0.6) is 0 Å². The number of hydrogen-bond acceptors (Lipinski definition) is 3. The second-order valence-electron chi connectivity index (χ2n) is 5.52. The first kappa shape index (κ1) is 16.2. The number of aliphatic hydroxyl groups is 1. The van der Waals surface area contributed by atoms with Gasteiger partial charge in [-0.1, -0.05) is 44.2 Å². The first-order valence-corrected chi connectivity index (χ1v) is 7.01. The molecule has 19 heavy (non-hydrogen) atoms.